The summed E-state index contributed by atoms with van der Waals surface area (Å²) in [5.41, 5.74) is 5.67. The van der Waals surface area contributed by atoms with Crippen LogP contribution in [-0.2, 0) is 18.3 Å². The van der Waals surface area contributed by atoms with Crippen molar-refractivity contribution in [1.82, 2.24) is 15.1 Å². The van der Waals surface area contributed by atoms with Crippen molar-refractivity contribution in [3.8, 4) is 0 Å². The number of amides is 1. The van der Waals surface area contributed by atoms with Crippen LogP contribution < -0.4 is 0 Å². The molecule has 1 aliphatic heterocycles. The monoisotopic (exact) mass is 345 g/mol. The van der Waals surface area contributed by atoms with Gasteiger partial charge in [0.05, 0.1) is 5.69 Å². The maximum absolute atomic E-state index is 12.9. The minimum Gasteiger partial charge on any atom is -0.337 e. The van der Waals surface area contributed by atoms with Gasteiger partial charge in [-0.1, -0.05) is 36.4 Å². The summed E-state index contributed by atoms with van der Waals surface area (Å²) in [5.74, 6) is 0.0379. The lowest BCUT2D eigenvalue weighted by Gasteiger charge is -2.39. The average molecular weight is 345 g/mol. The molecule has 0 N–H and O–H groups in total. The minimum absolute atomic E-state index is 0.0379. The Kier molecular flexibility index (Phi) is 3.66. The number of hydrogen-bond donors (Lipinski definition) is 0. The molecule has 2 aromatic rings. The van der Waals surface area contributed by atoms with Crippen LogP contribution in [-0.4, -0.2) is 34.1 Å². The molecular weight excluding hydrogens is 322 g/mol. The Bertz CT molecular complexity index is 894. The van der Waals surface area contributed by atoms with E-state index in [9.17, 15) is 4.79 Å². The number of allylic oxidation sites excluding steroid dienone is 1. The molecule has 0 bridgehead atoms. The van der Waals surface area contributed by atoms with E-state index < -0.39 is 0 Å². The number of rotatable bonds is 1. The Labute approximate surface area is 153 Å². The van der Waals surface area contributed by atoms with Gasteiger partial charge >= 0.3 is 0 Å². The van der Waals surface area contributed by atoms with Crippen LogP contribution in [0.5, 0.6) is 0 Å². The Balaban J connectivity index is 1.33. The van der Waals surface area contributed by atoms with Crippen molar-refractivity contribution >= 4 is 12.0 Å². The highest BCUT2D eigenvalue weighted by Crippen LogP contribution is 2.43. The van der Waals surface area contributed by atoms with Crippen molar-refractivity contribution in [2.75, 3.05) is 13.1 Å². The number of hydrogen-bond acceptors (Lipinski definition) is 3. The van der Waals surface area contributed by atoms with E-state index in [1.54, 1.807) is 0 Å². The lowest BCUT2D eigenvalue weighted by Crippen LogP contribution is -2.44. The minimum atomic E-state index is 0.0379. The first-order valence-electron chi connectivity index (χ1n) is 9.69. The predicted molar refractivity (Wildman–Crippen MR) is 101 cm³/mol. The van der Waals surface area contributed by atoms with Crippen LogP contribution >= 0.6 is 0 Å². The Hall–Kier alpha value is -2.49. The maximum Gasteiger partial charge on any atom is 0.274 e. The standard InChI is InChI=1S/C22H23N3O/c26-21(20-15-17-6-2-4-8-19(17)23-24-20)25-13-11-22(12-14-25)10-9-16-5-1-3-7-18(16)22/h1,3,5,7,9-10,15H,2,4,6,8,11-14H2. The van der Waals surface area contributed by atoms with Crippen LogP contribution in [0.1, 0.15) is 58.6 Å². The zero-order valence-corrected chi connectivity index (χ0v) is 14.9. The largest absolute Gasteiger partial charge is 0.337 e. The quantitative estimate of drug-likeness (QED) is 0.794. The number of piperidine rings is 1. The molecule has 0 atom stereocenters. The van der Waals surface area contributed by atoms with Crippen LogP contribution in [0.25, 0.3) is 6.08 Å². The van der Waals surface area contributed by atoms with E-state index in [-0.39, 0.29) is 11.3 Å². The van der Waals surface area contributed by atoms with Gasteiger partial charge in [0.1, 0.15) is 0 Å². The van der Waals surface area contributed by atoms with Gasteiger partial charge in [-0.15, -0.1) is 5.10 Å². The summed E-state index contributed by atoms with van der Waals surface area (Å²) in [6.07, 6.45) is 10.9. The van der Waals surface area contributed by atoms with Crippen molar-refractivity contribution in [1.29, 1.82) is 0 Å². The van der Waals surface area contributed by atoms with E-state index in [4.69, 9.17) is 0 Å². The number of carbonyl (C=O) groups is 1. The highest BCUT2D eigenvalue weighted by Gasteiger charge is 2.39. The molecule has 1 aromatic carbocycles. The summed E-state index contributed by atoms with van der Waals surface area (Å²) >= 11 is 0. The molecule has 0 saturated carbocycles. The summed E-state index contributed by atoms with van der Waals surface area (Å²) in [6.45, 7) is 1.55. The molecule has 26 heavy (non-hydrogen) atoms. The van der Waals surface area contributed by atoms with Crippen LogP contribution in [0, 0.1) is 0 Å². The third-order valence-electron chi connectivity index (χ3n) is 6.31. The third-order valence-corrected chi connectivity index (χ3v) is 6.31. The maximum atomic E-state index is 12.9. The summed E-state index contributed by atoms with van der Waals surface area (Å²) in [6, 6.07) is 10.6. The molecule has 1 amide bonds. The van der Waals surface area contributed by atoms with Gasteiger partial charge in [-0.25, -0.2) is 0 Å². The second-order valence-electron chi connectivity index (χ2n) is 7.78. The summed E-state index contributed by atoms with van der Waals surface area (Å²) in [7, 11) is 0. The number of aryl methyl sites for hydroxylation is 2. The van der Waals surface area contributed by atoms with E-state index in [2.05, 4.69) is 46.6 Å². The number of carbonyl (C=O) groups excluding carboxylic acids is 1. The fourth-order valence-electron chi connectivity index (χ4n) is 4.74. The molecule has 132 valence electrons. The zero-order valence-electron chi connectivity index (χ0n) is 14.9. The fourth-order valence-corrected chi connectivity index (χ4v) is 4.74. The molecule has 1 aromatic heterocycles. The van der Waals surface area contributed by atoms with E-state index in [0.717, 1.165) is 44.5 Å². The lowest BCUT2D eigenvalue weighted by molar-refractivity contribution is 0.0683. The van der Waals surface area contributed by atoms with Crippen LogP contribution in [0.15, 0.2) is 36.4 Å². The Morgan fingerprint density at radius 1 is 1.04 bits per heavy atom. The second-order valence-corrected chi connectivity index (χ2v) is 7.78. The SMILES string of the molecule is O=C(c1cc2c(nn1)CCCC2)N1CCC2(C=Cc3ccccc32)CC1. The molecule has 3 aliphatic rings. The highest BCUT2D eigenvalue weighted by atomic mass is 16.2. The summed E-state index contributed by atoms with van der Waals surface area (Å²) in [4.78, 5) is 14.9. The van der Waals surface area contributed by atoms with E-state index in [1.807, 2.05) is 11.0 Å². The molecule has 2 heterocycles. The predicted octanol–water partition coefficient (Wildman–Crippen LogP) is 3.56. The fraction of sp³-hybridized carbons (Fsp3) is 0.409. The molecule has 4 heteroatoms. The zero-order chi connectivity index (χ0) is 17.6. The third kappa shape index (κ3) is 2.47. The van der Waals surface area contributed by atoms with Gasteiger partial charge in [0.2, 0.25) is 0 Å². The average Bonchev–Trinajstić information content (AvgIpc) is 3.06. The number of fused-ring (bicyclic) bond motifs is 3. The first-order valence-corrected chi connectivity index (χ1v) is 9.69. The number of likely N-dealkylation sites (tertiary alicyclic amines) is 1. The van der Waals surface area contributed by atoms with Gasteiger partial charge in [-0.05, 0) is 61.3 Å². The van der Waals surface area contributed by atoms with E-state index in [1.165, 1.54) is 29.5 Å². The summed E-state index contributed by atoms with van der Waals surface area (Å²) in [5, 5.41) is 8.56. The number of nitrogens with zero attached hydrogens (tertiary/aromatic N) is 3. The van der Waals surface area contributed by atoms with Gasteiger partial charge in [-0.2, -0.15) is 5.10 Å². The van der Waals surface area contributed by atoms with E-state index >= 15 is 0 Å². The van der Waals surface area contributed by atoms with Gasteiger partial charge in [-0.3, -0.25) is 4.79 Å². The van der Waals surface area contributed by atoms with Crippen molar-refractivity contribution in [2.24, 2.45) is 0 Å². The molecular formula is C22H23N3O. The number of aromatic nitrogens is 2. The molecule has 2 aliphatic carbocycles. The molecule has 0 unspecified atom stereocenters. The van der Waals surface area contributed by atoms with Gasteiger partial charge in [0.15, 0.2) is 5.69 Å². The van der Waals surface area contributed by atoms with Crippen LogP contribution in [0.2, 0.25) is 0 Å². The van der Waals surface area contributed by atoms with Gasteiger partial charge < -0.3 is 4.90 Å². The van der Waals surface area contributed by atoms with Crippen LogP contribution in [0.4, 0.5) is 0 Å². The summed E-state index contributed by atoms with van der Waals surface area (Å²) < 4.78 is 0. The van der Waals surface area contributed by atoms with E-state index in [0.29, 0.717) is 5.69 Å². The van der Waals surface area contributed by atoms with Crippen molar-refractivity contribution in [3.63, 3.8) is 0 Å². The van der Waals surface area contributed by atoms with Crippen LogP contribution in [0.3, 0.4) is 0 Å². The smallest absolute Gasteiger partial charge is 0.274 e. The normalized spacial score (nSPS) is 20.1. The van der Waals surface area contributed by atoms with Crippen molar-refractivity contribution in [3.05, 3.63) is 64.5 Å². The molecule has 1 spiro atoms. The topological polar surface area (TPSA) is 46.1 Å². The van der Waals surface area contributed by atoms with Gasteiger partial charge in [0, 0.05) is 18.5 Å². The second kappa shape index (κ2) is 6.04. The lowest BCUT2D eigenvalue weighted by atomic mass is 9.74. The number of benzene rings is 1. The molecule has 1 saturated heterocycles. The molecule has 4 nitrogen and oxygen atoms in total. The molecule has 1 fully saturated rings. The van der Waals surface area contributed by atoms with Crippen molar-refractivity contribution < 1.29 is 4.79 Å². The van der Waals surface area contributed by atoms with Crippen molar-refractivity contribution in [2.45, 2.75) is 43.9 Å². The van der Waals surface area contributed by atoms with Gasteiger partial charge in [0.25, 0.3) is 5.91 Å². The highest BCUT2D eigenvalue weighted by molar-refractivity contribution is 5.92. The Morgan fingerprint density at radius 2 is 1.85 bits per heavy atom. The Morgan fingerprint density at radius 3 is 2.73 bits per heavy atom. The molecule has 0 radical (unpaired) electrons. The first kappa shape index (κ1) is 15.7. The molecule has 5 rings (SSSR count). The first-order chi connectivity index (χ1) is 12.8.